The zero-order chi connectivity index (χ0) is 22.2. The number of carbonyl (C=O) groups is 1. The van der Waals surface area contributed by atoms with Gasteiger partial charge in [0.15, 0.2) is 0 Å². The normalized spacial score (nSPS) is 14.1. The summed E-state index contributed by atoms with van der Waals surface area (Å²) in [6.45, 7) is 6.34. The van der Waals surface area contributed by atoms with Crippen LogP contribution in [-0.2, 0) is 24.2 Å². The number of thiophene rings is 1. The van der Waals surface area contributed by atoms with E-state index < -0.39 is 0 Å². The lowest BCUT2D eigenvalue weighted by Gasteiger charge is -2.30. The van der Waals surface area contributed by atoms with Gasteiger partial charge in [-0.05, 0) is 55.7 Å². The molecule has 1 N–H and O–H groups in total. The smallest absolute Gasteiger partial charge is 0.229 e. The highest BCUT2D eigenvalue weighted by Crippen LogP contribution is 2.45. The minimum Gasteiger partial charge on any atom is -0.317 e. The molecule has 7 heteroatoms. The SMILES string of the molecule is CC(C)N1CCc2c(sc(NC(=O)Cc3ccc(F)cc3)c2-c2nc3ccccc3s2)C1. The van der Waals surface area contributed by atoms with E-state index >= 15 is 0 Å². The van der Waals surface area contributed by atoms with Crippen LogP contribution in [0.5, 0.6) is 0 Å². The number of carbonyl (C=O) groups excluding carboxylic acids is 1. The molecule has 0 radical (unpaired) electrons. The number of halogens is 1. The number of hydrogen-bond acceptors (Lipinski definition) is 5. The quantitative estimate of drug-likeness (QED) is 0.387. The maximum Gasteiger partial charge on any atom is 0.229 e. The van der Waals surface area contributed by atoms with E-state index in [0.717, 1.165) is 50.9 Å². The number of nitrogens with zero attached hydrogens (tertiary/aromatic N) is 2. The molecular formula is C25H24FN3OS2. The summed E-state index contributed by atoms with van der Waals surface area (Å²) < 4.78 is 14.4. The molecule has 0 atom stereocenters. The largest absolute Gasteiger partial charge is 0.317 e. The first-order valence-electron chi connectivity index (χ1n) is 10.8. The molecule has 0 unspecified atom stereocenters. The van der Waals surface area contributed by atoms with E-state index in [-0.39, 0.29) is 18.1 Å². The van der Waals surface area contributed by atoms with E-state index in [1.54, 1.807) is 34.8 Å². The lowest BCUT2D eigenvalue weighted by Crippen LogP contribution is -2.35. The Balaban J connectivity index is 1.50. The van der Waals surface area contributed by atoms with E-state index in [2.05, 4.69) is 30.1 Å². The van der Waals surface area contributed by atoms with E-state index in [4.69, 9.17) is 4.98 Å². The molecule has 1 aliphatic heterocycles. The third-order valence-corrected chi connectivity index (χ3v) is 8.04. The lowest BCUT2D eigenvalue weighted by molar-refractivity contribution is -0.115. The summed E-state index contributed by atoms with van der Waals surface area (Å²) in [5.41, 5.74) is 4.15. The molecule has 4 nitrogen and oxygen atoms in total. The third kappa shape index (κ3) is 4.20. The lowest BCUT2D eigenvalue weighted by atomic mass is 10.0. The van der Waals surface area contributed by atoms with Crippen molar-refractivity contribution in [1.82, 2.24) is 9.88 Å². The summed E-state index contributed by atoms with van der Waals surface area (Å²) in [6, 6.07) is 14.7. The Labute approximate surface area is 194 Å². The van der Waals surface area contributed by atoms with Crippen LogP contribution in [0.15, 0.2) is 48.5 Å². The van der Waals surface area contributed by atoms with Crippen molar-refractivity contribution in [3.05, 3.63) is 70.4 Å². The highest BCUT2D eigenvalue weighted by Gasteiger charge is 2.28. The summed E-state index contributed by atoms with van der Waals surface area (Å²) in [6.07, 6.45) is 1.16. The predicted octanol–water partition coefficient (Wildman–Crippen LogP) is 6.11. The summed E-state index contributed by atoms with van der Waals surface area (Å²) in [5.74, 6) is -0.397. The first kappa shape index (κ1) is 21.2. The molecular weight excluding hydrogens is 441 g/mol. The van der Waals surface area contributed by atoms with Crippen molar-refractivity contribution < 1.29 is 9.18 Å². The number of fused-ring (bicyclic) bond motifs is 2. The van der Waals surface area contributed by atoms with Crippen LogP contribution in [0.2, 0.25) is 0 Å². The molecule has 4 aromatic rings. The molecule has 164 valence electrons. The fourth-order valence-corrected chi connectivity index (χ4v) is 6.52. The van der Waals surface area contributed by atoms with Gasteiger partial charge >= 0.3 is 0 Å². The van der Waals surface area contributed by atoms with Crippen molar-refractivity contribution in [2.24, 2.45) is 0 Å². The molecule has 2 aromatic carbocycles. The Hall–Kier alpha value is -2.61. The first-order chi connectivity index (χ1) is 15.5. The topological polar surface area (TPSA) is 45.2 Å². The van der Waals surface area contributed by atoms with Crippen molar-refractivity contribution >= 4 is 43.8 Å². The number of thiazole rings is 1. The van der Waals surface area contributed by atoms with Gasteiger partial charge in [-0.1, -0.05) is 24.3 Å². The van der Waals surface area contributed by atoms with Crippen molar-refractivity contribution in [3.8, 4) is 10.6 Å². The fraction of sp³-hybridized carbons (Fsp3) is 0.280. The maximum atomic E-state index is 13.2. The molecule has 3 heterocycles. The maximum absolute atomic E-state index is 13.2. The number of hydrogen-bond donors (Lipinski definition) is 1. The number of aromatic nitrogens is 1. The molecule has 2 aromatic heterocycles. The van der Waals surface area contributed by atoms with Crippen molar-refractivity contribution in [3.63, 3.8) is 0 Å². The van der Waals surface area contributed by atoms with Crippen LogP contribution in [-0.4, -0.2) is 28.4 Å². The second kappa shape index (κ2) is 8.73. The van der Waals surface area contributed by atoms with Crippen LogP contribution in [0.4, 0.5) is 9.39 Å². The van der Waals surface area contributed by atoms with Gasteiger partial charge in [0.1, 0.15) is 15.8 Å². The summed E-state index contributed by atoms with van der Waals surface area (Å²) in [7, 11) is 0. The van der Waals surface area contributed by atoms with Gasteiger partial charge in [0.2, 0.25) is 5.91 Å². The van der Waals surface area contributed by atoms with Crippen LogP contribution in [0, 0.1) is 5.82 Å². The Bertz CT molecular complexity index is 1240. The minimum absolute atomic E-state index is 0.0988. The molecule has 1 amide bonds. The predicted molar refractivity (Wildman–Crippen MR) is 131 cm³/mol. The van der Waals surface area contributed by atoms with Crippen LogP contribution in [0.25, 0.3) is 20.8 Å². The van der Waals surface area contributed by atoms with E-state index in [1.807, 2.05) is 18.2 Å². The average Bonchev–Trinajstić information content (AvgIpc) is 3.35. The molecule has 1 aliphatic rings. The monoisotopic (exact) mass is 465 g/mol. The van der Waals surface area contributed by atoms with Gasteiger partial charge in [-0.15, -0.1) is 22.7 Å². The average molecular weight is 466 g/mol. The Morgan fingerprint density at radius 1 is 1.16 bits per heavy atom. The first-order valence-corrected chi connectivity index (χ1v) is 12.4. The third-order valence-electron chi connectivity index (χ3n) is 5.86. The summed E-state index contributed by atoms with van der Waals surface area (Å²) in [5, 5.41) is 4.98. The van der Waals surface area contributed by atoms with E-state index in [9.17, 15) is 9.18 Å². The molecule has 5 rings (SSSR count). The van der Waals surface area contributed by atoms with Crippen molar-refractivity contribution in [1.29, 1.82) is 0 Å². The van der Waals surface area contributed by atoms with E-state index in [1.165, 1.54) is 22.6 Å². The Morgan fingerprint density at radius 2 is 1.94 bits per heavy atom. The Kier molecular flexibility index (Phi) is 5.80. The van der Waals surface area contributed by atoms with Gasteiger partial charge < -0.3 is 5.32 Å². The van der Waals surface area contributed by atoms with Gasteiger partial charge in [-0.25, -0.2) is 9.37 Å². The zero-order valence-electron chi connectivity index (χ0n) is 18.0. The van der Waals surface area contributed by atoms with E-state index in [0.29, 0.717) is 6.04 Å². The zero-order valence-corrected chi connectivity index (χ0v) is 19.7. The van der Waals surface area contributed by atoms with Crippen LogP contribution >= 0.6 is 22.7 Å². The molecule has 32 heavy (non-hydrogen) atoms. The van der Waals surface area contributed by atoms with Gasteiger partial charge in [0.25, 0.3) is 0 Å². The highest BCUT2D eigenvalue weighted by atomic mass is 32.1. The van der Waals surface area contributed by atoms with Gasteiger partial charge in [-0.3, -0.25) is 9.69 Å². The number of rotatable bonds is 5. The van der Waals surface area contributed by atoms with Crippen LogP contribution in [0.1, 0.15) is 29.9 Å². The molecule has 0 spiro atoms. The number of benzene rings is 2. The van der Waals surface area contributed by atoms with Crippen LogP contribution in [0.3, 0.4) is 0 Å². The minimum atomic E-state index is -0.298. The number of amides is 1. The Morgan fingerprint density at radius 3 is 2.69 bits per heavy atom. The number of para-hydroxylation sites is 1. The molecule has 0 fully saturated rings. The van der Waals surface area contributed by atoms with Gasteiger partial charge in [-0.2, -0.15) is 0 Å². The standard InChI is InChI=1S/C25H24FN3OS2/c1-15(2)29-12-11-18-21(14-29)32-25(28-22(30)13-16-7-9-17(26)10-8-16)23(18)24-27-19-5-3-4-6-20(19)31-24/h3-10,15H,11-14H2,1-2H3,(H,28,30). The number of nitrogens with one attached hydrogen (secondary N) is 1. The second-order valence-electron chi connectivity index (χ2n) is 8.36. The fourth-order valence-electron chi connectivity index (χ4n) is 4.12. The molecule has 0 saturated carbocycles. The summed E-state index contributed by atoms with van der Waals surface area (Å²) >= 11 is 3.33. The molecule has 0 bridgehead atoms. The molecule has 0 aliphatic carbocycles. The van der Waals surface area contributed by atoms with Crippen molar-refractivity contribution in [2.45, 2.75) is 39.3 Å². The summed E-state index contributed by atoms with van der Waals surface area (Å²) in [4.78, 5) is 21.5. The van der Waals surface area contributed by atoms with Crippen molar-refractivity contribution in [2.75, 3.05) is 11.9 Å². The highest BCUT2D eigenvalue weighted by molar-refractivity contribution is 7.22. The molecule has 0 saturated heterocycles. The van der Waals surface area contributed by atoms with Crippen LogP contribution < -0.4 is 5.32 Å². The number of anilines is 1. The van der Waals surface area contributed by atoms with Gasteiger partial charge in [0.05, 0.1) is 16.6 Å². The van der Waals surface area contributed by atoms with Gasteiger partial charge in [0, 0.05) is 29.6 Å². The second-order valence-corrected chi connectivity index (χ2v) is 10.5.